The van der Waals surface area contributed by atoms with Gasteiger partial charge in [-0.05, 0) is 53.2 Å². The van der Waals surface area contributed by atoms with Crippen LogP contribution in [-0.2, 0) is 19.1 Å². The number of halogens is 1. The van der Waals surface area contributed by atoms with Gasteiger partial charge >= 0.3 is 0 Å². The summed E-state index contributed by atoms with van der Waals surface area (Å²) in [4.78, 5) is 33.1. The molecular formula is C24H34BrN5O4. The van der Waals surface area contributed by atoms with Gasteiger partial charge in [0.15, 0.2) is 0 Å². The first-order valence-corrected chi connectivity index (χ1v) is 11.8. The molecule has 2 amide bonds. The number of nitriles is 1. The number of fused-ring (bicyclic) bond motifs is 1. The van der Waals surface area contributed by atoms with E-state index in [9.17, 15) is 9.59 Å². The van der Waals surface area contributed by atoms with Gasteiger partial charge in [0.05, 0.1) is 30.3 Å². The molecule has 3 atom stereocenters. The van der Waals surface area contributed by atoms with Crippen LogP contribution in [0.3, 0.4) is 0 Å². The van der Waals surface area contributed by atoms with E-state index in [0.29, 0.717) is 24.3 Å². The summed E-state index contributed by atoms with van der Waals surface area (Å²) in [5.41, 5.74) is 1.71. The fourth-order valence-corrected chi connectivity index (χ4v) is 4.00. The Morgan fingerprint density at radius 3 is 2.62 bits per heavy atom. The molecule has 0 saturated carbocycles. The van der Waals surface area contributed by atoms with Gasteiger partial charge in [0, 0.05) is 36.4 Å². The molecule has 1 aliphatic heterocycles. The van der Waals surface area contributed by atoms with E-state index in [1.165, 1.54) is 6.92 Å². The second kappa shape index (κ2) is 13.8. The number of carbonyl (C=O) groups excluding carboxylic acids is 3. The van der Waals surface area contributed by atoms with Crippen LogP contribution in [0.25, 0.3) is 5.52 Å². The fraction of sp³-hybridized carbons (Fsp3) is 0.542. The van der Waals surface area contributed by atoms with E-state index in [1.807, 2.05) is 30.0 Å². The Bertz CT molecular complexity index is 1000. The molecule has 34 heavy (non-hydrogen) atoms. The van der Waals surface area contributed by atoms with Crippen molar-refractivity contribution in [2.75, 3.05) is 20.2 Å². The van der Waals surface area contributed by atoms with Crippen molar-refractivity contribution < 1.29 is 19.1 Å². The Balaban J connectivity index is 0.000000306. The van der Waals surface area contributed by atoms with E-state index in [1.54, 1.807) is 24.0 Å². The highest BCUT2D eigenvalue weighted by molar-refractivity contribution is 9.10. The van der Waals surface area contributed by atoms with Crippen molar-refractivity contribution in [2.45, 2.75) is 53.2 Å². The number of aldehydes is 1. The van der Waals surface area contributed by atoms with Crippen LogP contribution in [-0.4, -0.2) is 59.4 Å². The number of carbonyl (C=O) groups is 3. The predicted molar refractivity (Wildman–Crippen MR) is 133 cm³/mol. The summed E-state index contributed by atoms with van der Waals surface area (Å²) in [5.74, 6) is 0.807. The number of aromatic nitrogens is 2. The first-order valence-electron chi connectivity index (χ1n) is 11.0. The SMILES string of the molecule is CC=O.CO[C@H](C)CC(=O)N1CC(C)C(C)(C)C1.N#CC(NC=O)c1cnn2cccc(Br)c12. The first-order chi connectivity index (χ1) is 16.1. The highest BCUT2D eigenvalue weighted by Gasteiger charge is 2.38. The van der Waals surface area contributed by atoms with Crippen molar-refractivity contribution in [3.05, 3.63) is 34.6 Å². The Morgan fingerprint density at radius 2 is 2.12 bits per heavy atom. The molecule has 2 aromatic heterocycles. The van der Waals surface area contributed by atoms with Crippen molar-refractivity contribution in [3.63, 3.8) is 0 Å². The van der Waals surface area contributed by atoms with E-state index in [0.717, 1.165) is 29.4 Å². The number of nitrogens with one attached hydrogen (secondary N) is 1. The lowest BCUT2D eigenvalue weighted by Crippen LogP contribution is -2.32. The summed E-state index contributed by atoms with van der Waals surface area (Å²) >= 11 is 3.39. The zero-order chi connectivity index (χ0) is 25.9. The highest BCUT2D eigenvalue weighted by atomic mass is 79.9. The Morgan fingerprint density at radius 1 is 1.47 bits per heavy atom. The van der Waals surface area contributed by atoms with Gasteiger partial charge in [0.25, 0.3) is 0 Å². The summed E-state index contributed by atoms with van der Waals surface area (Å²) < 4.78 is 7.59. The second-order valence-electron chi connectivity index (χ2n) is 8.75. The monoisotopic (exact) mass is 535 g/mol. The fourth-order valence-electron chi connectivity index (χ4n) is 3.44. The molecule has 3 rings (SSSR count). The van der Waals surface area contributed by atoms with Crippen molar-refractivity contribution in [3.8, 4) is 6.07 Å². The van der Waals surface area contributed by atoms with E-state index in [-0.39, 0.29) is 17.4 Å². The summed E-state index contributed by atoms with van der Waals surface area (Å²) in [7, 11) is 1.65. The normalized spacial score (nSPS) is 17.8. The van der Waals surface area contributed by atoms with Crippen LogP contribution in [0, 0.1) is 22.7 Å². The van der Waals surface area contributed by atoms with E-state index < -0.39 is 6.04 Å². The molecule has 9 nitrogen and oxygen atoms in total. The highest BCUT2D eigenvalue weighted by Crippen LogP contribution is 2.35. The lowest BCUT2D eigenvalue weighted by Gasteiger charge is -2.22. The number of ether oxygens (including phenoxy) is 1. The van der Waals surface area contributed by atoms with Crippen LogP contribution in [0.5, 0.6) is 0 Å². The molecule has 1 fully saturated rings. The average Bonchev–Trinajstić information content (AvgIpc) is 3.34. The Kier molecular flexibility index (Phi) is 11.9. The topological polar surface area (TPSA) is 117 Å². The molecule has 186 valence electrons. The van der Waals surface area contributed by atoms with Gasteiger partial charge in [-0.25, -0.2) is 4.52 Å². The minimum atomic E-state index is -0.686. The van der Waals surface area contributed by atoms with E-state index in [2.05, 4.69) is 47.1 Å². The largest absolute Gasteiger partial charge is 0.381 e. The maximum Gasteiger partial charge on any atom is 0.225 e. The number of hydrogen-bond acceptors (Lipinski definition) is 6. The minimum Gasteiger partial charge on any atom is -0.381 e. The smallest absolute Gasteiger partial charge is 0.225 e. The Hall–Kier alpha value is -2.77. The number of amides is 2. The average molecular weight is 536 g/mol. The number of nitrogens with zero attached hydrogens (tertiary/aromatic N) is 4. The number of likely N-dealkylation sites (tertiary alicyclic amines) is 1. The summed E-state index contributed by atoms with van der Waals surface area (Å²) in [6.07, 6.45) is 5.13. The molecule has 1 N–H and O–H groups in total. The predicted octanol–water partition coefficient (Wildman–Crippen LogP) is 3.53. The molecule has 10 heteroatoms. The maximum absolute atomic E-state index is 11.9. The van der Waals surface area contributed by atoms with Gasteiger partial charge in [-0.1, -0.05) is 20.8 Å². The molecule has 0 bridgehead atoms. The van der Waals surface area contributed by atoms with Gasteiger partial charge in [-0.2, -0.15) is 10.4 Å². The summed E-state index contributed by atoms with van der Waals surface area (Å²) in [6.45, 7) is 11.8. The van der Waals surface area contributed by atoms with Crippen molar-refractivity contribution in [2.24, 2.45) is 11.3 Å². The van der Waals surface area contributed by atoms with Crippen molar-refractivity contribution >= 4 is 40.1 Å². The third-order valence-electron chi connectivity index (χ3n) is 5.84. The first kappa shape index (κ1) is 29.3. The van der Waals surface area contributed by atoms with Crippen LogP contribution in [0.1, 0.15) is 52.6 Å². The van der Waals surface area contributed by atoms with Gasteiger partial charge in [-0.3, -0.25) is 9.59 Å². The van der Waals surface area contributed by atoms with Crippen molar-refractivity contribution in [1.29, 1.82) is 5.26 Å². The number of hydrogen-bond donors (Lipinski definition) is 1. The third kappa shape index (κ3) is 7.92. The van der Waals surface area contributed by atoms with Gasteiger partial charge in [0.2, 0.25) is 12.3 Å². The molecule has 1 saturated heterocycles. The van der Waals surface area contributed by atoms with E-state index >= 15 is 0 Å². The van der Waals surface area contributed by atoms with Gasteiger partial charge < -0.3 is 19.7 Å². The molecule has 0 radical (unpaired) electrons. The Labute approximate surface area is 209 Å². The second-order valence-corrected chi connectivity index (χ2v) is 9.60. The maximum atomic E-state index is 11.9. The molecule has 1 aliphatic rings. The molecule has 0 spiro atoms. The van der Waals surface area contributed by atoms with E-state index in [4.69, 9.17) is 14.8 Å². The zero-order valence-corrected chi connectivity index (χ0v) is 22.2. The summed E-state index contributed by atoms with van der Waals surface area (Å²) in [6, 6.07) is 5.01. The molecule has 0 aliphatic carbocycles. The minimum absolute atomic E-state index is 0.0246. The van der Waals surface area contributed by atoms with Crippen LogP contribution in [0.15, 0.2) is 29.0 Å². The molecular weight excluding hydrogens is 502 g/mol. The molecule has 0 aromatic carbocycles. The molecule has 2 aromatic rings. The standard InChI is InChI=1S/C12H23NO2.C10H7BrN4O.C2H4O/c1-9-7-13(8-12(9,3)4)11(14)6-10(2)15-5;11-8-2-1-3-15-10(8)7(5-14-15)9(4-12)13-6-16;1-2-3/h9-10H,6-8H2,1-5H3;1-3,5-6,9H,(H,13,16);2H,1H3/t9?,10-;;/m1../s1. The van der Waals surface area contributed by atoms with Crippen molar-refractivity contribution in [1.82, 2.24) is 19.8 Å². The number of methoxy groups -OCH3 is 1. The summed E-state index contributed by atoms with van der Waals surface area (Å²) in [5, 5.41) is 15.5. The number of pyridine rings is 1. The van der Waals surface area contributed by atoms with Gasteiger partial charge in [-0.15, -0.1) is 0 Å². The molecule has 3 heterocycles. The lowest BCUT2D eigenvalue weighted by atomic mass is 9.84. The zero-order valence-electron chi connectivity index (χ0n) is 20.6. The number of rotatable bonds is 6. The quantitative estimate of drug-likeness (QED) is 0.565. The lowest BCUT2D eigenvalue weighted by molar-refractivity contribution is -0.132. The molecule has 2 unspecified atom stereocenters. The van der Waals surface area contributed by atoms with Crippen LogP contribution in [0.4, 0.5) is 0 Å². The van der Waals surface area contributed by atoms with Crippen LogP contribution < -0.4 is 5.32 Å². The van der Waals surface area contributed by atoms with Crippen LogP contribution >= 0.6 is 15.9 Å². The van der Waals surface area contributed by atoms with Crippen LogP contribution in [0.2, 0.25) is 0 Å². The van der Waals surface area contributed by atoms with Gasteiger partial charge in [0.1, 0.15) is 12.3 Å². The third-order valence-corrected chi connectivity index (χ3v) is 6.48.